The number of nitrogens with zero attached hydrogens (tertiary/aromatic N) is 3. The molecule has 2 N–H and O–H groups in total. The van der Waals surface area contributed by atoms with Gasteiger partial charge in [-0.25, -0.2) is 9.59 Å². The number of hydrogen-bond donors (Lipinski definition) is 2. The molecule has 2 aromatic rings. The maximum Gasteiger partial charge on any atom is 0.407 e. The number of aromatic nitrogens is 3. The number of hydrogen-bond acceptors (Lipinski definition) is 3. The number of aromatic amines is 1. The minimum absolute atomic E-state index is 0.0493. The molecule has 0 unspecified atom stereocenters. The highest BCUT2D eigenvalue weighted by molar-refractivity contribution is 6.34. The first-order valence-corrected chi connectivity index (χ1v) is 6.67. The molecule has 1 amide bonds. The van der Waals surface area contributed by atoms with Crippen LogP contribution >= 0.6 is 11.6 Å². The van der Waals surface area contributed by atoms with Gasteiger partial charge in [-0.1, -0.05) is 11.6 Å². The number of imidazole rings is 1. The molecule has 1 aliphatic rings. The van der Waals surface area contributed by atoms with E-state index in [1.165, 1.54) is 11.1 Å². The van der Waals surface area contributed by atoms with Gasteiger partial charge in [-0.3, -0.25) is 9.55 Å². The second-order valence-corrected chi connectivity index (χ2v) is 5.23. The first kappa shape index (κ1) is 13.0. The van der Waals surface area contributed by atoms with E-state index in [4.69, 9.17) is 16.7 Å². The van der Waals surface area contributed by atoms with Crippen molar-refractivity contribution < 1.29 is 9.90 Å². The number of carbonyl (C=O) groups is 1. The molecule has 0 atom stereocenters. The van der Waals surface area contributed by atoms with Crippen molar-refractivity contribution in [1.82, 2.24) is 19.4 Å². The predicted molar refractivity (Wildman–Crippen MR) is 73.2 cm³/mol. The lowest BCUT2D eigenvalue weighted by Crippen LogP contribution is -2.39. The molecule has 2 aromatic heterocycles. The number of pyridine rings is 1. The van der Waals surface area contributed by atoms with Gasteiger partial charge in [-0.15, -0.1) is 0 Å². The molecule has 20 heavy (non-hydrogen) atoms. The number of fused-ring (bicyclic) bond motifs is 1. The van der Waals surface area contributed by atoms with Crippen molar-refractivity contribution >= 4 is 28.7 Å². The van der Waals surface area contributed by atoms with Crippen molar-refractivity contribution in [3.8, 4) is 0 Å². The Balaban J connectivity index is 1.98. The van der Waals surface area contributed by atoms with E-state index >= 15 is 0 Å². The second kappa shape index (κ2) is 4.82. The van der Waals surface area contributed by atoms with E-state index in [1.54, 1.807) is 10.8 Å². The van der Waals surface area contributed by atoms with Crippen LogP contribution in [0, 0.1) is 0 Å². The van der Waals surface area contributed by atoms with Gasteiger partial charge in [-0.05, 0) is 12.8 Å². The van der Waals surface area contributed by atoms with Crippen LogP contribution in [-0.4, -0.2) is 43.7 Å². The highest BCUT2D eigenvalue weighted by Crippen LogP contribution is 2.27. The van der Waals surface area contributed by atoms with Gasteiger partial charge >= 0.3 is 11.8 Å². The Bertz CT molecular complexity index is 715. The van der Waals surface area contributed by atoms with Crippen LogP contribution in [0.1, 0.15) is 18.9 Å². The molecule has 7 nitrogen and oxygen atoms in total. The molecule has 8 heteroatoms. The molecule has 0 aliphatic carbocycles. The largest absolute Gasteiger partial charge is 0.465 e. The third kappa shape index (κ3) is 2.03. The average Bonchev–Trinajstić information content (AvgIpc) is 2.76. The van der Waals surface area contributed by atoms with E-state index in [-0.39, 0.29) is 11.7 Å². The fraction of sp³-hybridized carbons (Fsp3) is 0.417. The molecule has 0 radical (unpaired) electrons. The summed E-state index contributed by atoms with van der Waals surface area (Å²) in [7, 11) is 0. The fourth-order valence-corrected chi connectivity index (χ4v) is 2.95. The zero-order valence-corrected chi connectivity index (χ0v) is 11.3. The van der Waals surface area contributed by atoms with E-state index in [0.717, 1.165) is 0 Å². The van der Waals surface area contributed by atoms with E-state index in [9.17, 15) is 9.59 Å². The smallest absolute Gasteiger partial charge is 0.407 e. The van der Waals surface area contributed by atoms with Crippen molar-refractivity contribution in [3.05, 3.63) is 27.9 Å². The summed E-state index contributed by atoms with van der Waals surface area (Å²) >= 11 is 6.13. The van der Waals surface area contributed by atoms with E-state index in [1.807, 2.05) is 0 Å². The van der Waals surface area contributed by atoms with E-state index < -0.39 is 6.09 Å². The predicted octanol–water partition coefficient (Wildman–Crippen LogP) is 1.69. The lowest BCUT2D eigenvalue weighted by Gasteiger charge is -2.30. The van der Waals surface area contributed by atoms with Crippen molar-refractivity contribution in [2.24, 2.45) is 0 Å². The lowest BCUT2D eigenvalue weighted by atomic mass is 10.1. The van der Waals surface area contributed by atoms with Crippen LogP contribution in [-0.2, 0) is 0 Å². The minimum atomic E-state index is -0.919. The van der Waals surface area contributed by atoms with Crippen LogP contribution in [0.25, 0.3) is 11.0 Å². The number of halogens is 1. The molecule has 1 saturated heterocycles. The normalized spacial score (nSPS) is 16.8. The zero-order chi connectivity index (χ0) is 14.3. The number of rotatable bonds is 1. The molecule has 1 aliphatic heterocycles. The Morgan fingerprint density at radius 2 is 2.10 bits per heavy atom. The maximum atomic E-state index is 12.1. The monoisotopic (exact) mass is 296 g/mol. The van der Waals surface area contributed by atoms with Gasteiger partial charge in [0.2, 0.25) is 0 Å². The van der Waals surface area contributed by atoms with Gasteiger partial charge in [0.15, 0.2) is 0 Å². The van der Waals surface area contributed by atoms with Crippen molar-refractivity contribution in [2.75, 3.05) is 13.1 Å². The third-order valence-electron chi connectivity index (χ3n) is 3.67. The highest BCUT2D eigenvalue weighted by Gasteiger charge is 2.26. The Hall–Kier alpha value is -2.02. The number of likely N-dealkylation sites (tertiary alicyclic amines) is 1. The van der Waals surface area contributed by atoms with E-state index in [2.05, 4.69) is 9.97 Å². The molecular formula is C12H13ClN4O3. The summed E-state index contributed by atoms with van der Waals surface area (Å²) in [4.78, 5) is 31.0. The average molecular weight is 297 g/mol. The Morgan fingerprint density at radius 1 is 1.40 bits per heavy atom. The fourth-order valence-electron chi connectivity index (χ4n) is 2.71. The van der Waals surface area contributed by atoms with Gasteiger partial charge < -0.3 is 15.0 Å². The summed E-state index contributed by atoms with van der Waals surface area (Å²) in [6, 6.07) is -0.0493. The Morgan fingerprint density at radius 3 is 2.75 bits per heavy atom. The lowest BCUT2D eigenvalue weighted by molar-refractivity contribution is 0.125. The first-order valence-electron chi connectivity index (χ1n) is 6.29. The van der Waals surface area contributed by atoms with Gasteiger partial charge in [0.25, 0.3) is 0 Å². The van der Waals surface area contributed by atoms with Gasteiger partial charge in [0.1, 0.15) is 0 Å². The maximum absolute atomic E-state index is 12.1. The van der Waals surface area contributed by atoms with Crippen LogP contribution < -0.4 is 5.69 Å². The summed E-state index contributed by atoms with van der Waals surface area (Å²) in [5.41, 5.74) is 1.01. The number of amides is 1. The zero-order valence-electron chi connectivity index (χ0n) is 10.5. The van der Waals surface area contributed by atoms with Gasteiger partial charge in [-0.2, -0.15) is 0 Å². The number of nitrogens with one attached hydrogen (secondary N) is 1. The van der Waals surface area contributed by atoms with E-state index in [0.29, 0.717) is 42.0 Å². The summed E-state index contributed by atoms with van der Waals surface area (Å²) in [6.45, 7) is 0.837. The molecule has 1 fully saturated rings. The standard InChI is InChI=1S/C12H13ClN4O3/c13-8-5-14-6-9-10(8)17(11(18)15-9)7-1-3-16(4-2-7)12(19)20/h5-7H,1-4H2,(H,15,18)(H,19,20). The van der Waals surface area contributed by atoms with Crippen LogP contribution in [0.2, 0.25) is 5.02 Å². The van der Waals surface area contributed by atoms with Crippen molar-refractivity contribution in [3.63, 3.8) is 0 Å². The number of H-pyrrole nitrogens is 1. The Kier molecular flexibility index (Phi) is 3.13. The molecule has 3 heterocycles. The molecule has 0 saturated carbocycles. The van der Waals surface area contributed by atoms with Gasteiger partial charge in [0.05, 0.1) is 22.3 Å². The molecular weight excluding hydrogens is 284 g/mol. The minimum Gasteiger partial charge on any atom is -0.465 e. The summed E-state index contributed by atoms with van der Waals surface area (Å²) in [5.74, 6) is 0. The second-order valence-electron chi connectivity index (χ2n) is 4.82. The number of carboxylic acid groups (broad SMARTS) is 1. The van der Waals surface area contributed by atoms with Gasteiger partial charge in [0, 0.05) is 25.3 Å². The Labute approximate surface area is 118 Å². The molecule has 0 spiro atoms. The van der Waals surface area contributed by atoms with Crippen molar-refractivity contribution in [2.45, 2.75) is 18.9 Å². The summed E-state index contributed by atoms with van der Waals surface area (Å²) in [5, 5.41) is 9.37. The SMILES string of the molecule is O=C(O)N1CCC(n2c(=O)[nH]c3cncc(Cl)c32)CC1. The van der Waals surface area contributed by atoms with Crippen LogP contribution in [0.3, 0.4) is 0 Å². The third-order valence-corrected chi connectivity index (χ3v) is 3.95. The van der Waals surface area contributed by atoms with Crippen molar-refractivity contribution in [1.29, 1.82) is 0 Å². The van der Waals surface area contributed by atoms with Crippen LogP contribution in [0.15, 0.2) is 17.2 Å². The summed E-state index contributed by atoms with van der Waals surface area (Å²) in [6.07, 6.45) is 3.33. The molecule has 0 bridgehead atoms. The van der Waals surface area contributed by atoms with Crippen LogP contribution in [0.5, 0.6) is 0 Å². The molecule has 0 aromatic carbocycles. The first-order chi connectivity index (χ1) is 9.58. The topological polar surface area (TPSA) is 91.2 Å². The molecule has 106 valence electrons. The number of piperidine rings is 1. The quantitative estimate of drug-likeness (QED) is 0.838. The molecule has 3 rings (SSSR count). The van der Waals surface area contributed by atoms with Crippen LogP contribution in [0.4, 0.5) is 4.79 Å². The highest BCUT2D eigenvalue weighted by atomic mass is 35.5. The summed E-state index contributed by atoms with van der Waals surface area (Å²) < 4.78 is 1.62.